The molecule has 0 aromatic carbocycles. The molecule has 2 amide bonds. The number of hydrogen-bond donors (Lipinski definition) is 1. The van der Waals surface area contributed by atoms with E-state index in [0.717, 1.165) is 24.7 Å². The van der Waals surface area contributed by atoms with Crippen LogP contribution in [0.2, 0.25) is 0 Å². The molecular weight excluding hydrogens is 577 g/mol. The van der Waals surface area contributed by atoms with Crippen LogP contribution in [0.4, 0.5) is 4.79 Å². The summed E-state index contributed by atoms with van der Waals surface area (Å²) in [6, 6.07) is -2.32. The predicted molar refractivity (Wildman–Crippen MR) is 147 cm³/mol. The zero-order chi connectivity index (χ0) is 28.2. The molecule has 0 bridgehead atoms. The monoisotopic (exact) mass is 625 g/mol. The summed E-state index contributed by atoms with van der Waals surface area (Å²) in [6.45, 7) is 9.89. The molecule has 0 aliphatic carbocycles. The number of carboxylic acid groups (broad SMARTS) is 2. The van der Waals surface area contributed by atoms with Crippen molar-refractivity contribution >= 4 is 36.0 Å². The van der Waals surface area contributed by atoms with Crippen molar-refractivity contribution in [3.05, 3.63) is 11.6 Å². The Labute approximate surface area is 318 Å². The Kier molecular flexibility index (Phi) is 40.6. The SMILES string of the molecule is C/C(=C\CSCC(NC(=O)N(C[C-]=O)CC(=O)[O-])C(=O)[O-])CCCC(C)CCCC(C)CCCC(C)C.[Na+].[Na+].[Na+].[OH-]. The molecule has 0 radical (unpaired) electrons. The number of rotatable bonds is 22. The molecule has 0 aliphatic rings. The van der Waals surface area contributed by atoms with Gasteiger partial charge in [-0.05, 0) is 37.5 Å². The van der Waals surface area contributed by atoms with Gasteiger partial charge >= 0.3 is 94.7 Å². The van der Waals surface area contributed by atoms with Gasteiger partial charge in [0.15, 0.2) is 0 Å². The number of carbonyl (C=O) groups is 3. The normalized spacial score (nSPS) is 12.8. The van der Waals surface area contributed by atoms with Crippen molar-refractivity contribution in [3.63, 3.8) is 0 Å². The van der Waals surface area contributed by atoms with E-state index in [4.69, 9.17) is 0 Å². The maximum atomic E-state index is 12.1. The van der Waals surface area contributed by atoms with Gasteiger partial charge in [0.2, 0.25) is 0 Å². The minimum Gasteiger partial charge on any atom is -0.870 e. The van der Waals surface area contributed by atoms with E-state index in [2.05, 4.69) is 46.0 Å². The van der Waals surface area contributed by atoms with Crippen LogP contribution in [0.25, 0.3) is 0 Å². The Balaban J connectivity index is -0.00000108. The second-order valence-corrected chi connectivity index (χ2v) is 11.7. The molecule has 0 aromatic rings. The van der Waals surface area contributed by atoms with Gasteiger partial charge in [-0.2, -0.15) is 11.8 Å². The quantitative estimate of drug-likeness (QED) is 0.0539. The first kappa shape index (κ1) is 51.5. The predicted octanol–water partition coefficient (Wildman–Crippen LogP) is -6.07. The van der Waals surface area contributed by atoms with Crippen molar-refractivity contribution in [2.45, 2.75) is 98.4 Å². The Hall–Kier alpha value is 0.930. The number of nitrogens with zero attached hydrogens (tertiary/aromatic N) is 1. The second-order valence-electron chi connectivity index (χ2n) is 10.6. The smallest absolute Gasteiger partial charge is 0.870 e. The largest absolute Gasteiger partial charge is 1.00 e. The van der Waals surface area contributed by atoms with Gasteiger partial charge in [0.25, 0.3) is 0 Å². The number of urea groups is 1. The van der Waals surface area contributed by atoms with E-state index in [1.54, 1.807) is 0 Å². The topological polar surface area (TPSA) is 160 Å². The molecule has 13 heteroatoms. The summed E-state index contributed by atoms with van der Waals surface area (Å²) in [4.78, 5) is 45.3. The number of allylic oxidation sites excluding steroid dienone is 1. The van der Waals surface area contributed by atoms with Crippen LogP contribution in [0.5, 0.6) is 0 Å². The molecule has 0 saturated carbocycles. The van der Waals surface area contributed by atoms with E-state index in [-0.39, 0.29) is 99.9 Å². The first-order valence-electron chi connectivity index (χ1n) is 13.5. The van der Waals surface area contributed by atoms with Crippen molar-refractivity contribution < 1.29 is 124 Å². The molecule has 3 atom stereocenters. The van der Waals surface area contributed by atoms with Gasteiger partial charge in [-0.1, -0.05) is 90.8 Å². The molecule has 0 saturated heterocycles. The van der Waals surface area contributed by atoms with E-state index in [0.29, 0.717) is 16.6 Å². The zero-order valence-corrected chi connectivity index (χ0v) is 33.6. The summed E-state index contributed by atoms with van der Waals surface area (Å²) in [5, 5.41) is 24.3. The molecule has 0 spiro atoms. The van der Waals surface area contributed by atoms with Crippen LogP contribution in [-0.2, 0) is 14.4 Å². The number of nitrogens with one attached hydrogen (secondary N) is 1. The fraction of sp³-hybridized carbons (Fsp3) is 0.786. The van der Waals surface area contributed by atoms with Crippen LogP contribution in [0.15, 0.2) is 11.6 Å². The average molecular weight is 626 g/mol. The van der Waals surface area contributed by atoms with Crippen LogP contribution in [0, 0.1) is 17.8 Å². The van der Waals surface area contributed by atoms with Gasteiger partial charge in [-0.25, -0.2) is 11.1 Å². The third-order valence-electron chi connectivity index (χ3n) is 6.42. The van der Waals surface area contributed by atoms with Gasteiger partial charge in [0.1, 0.15) is 0 Å². The van der Waals surface area contributed by atoms with Gasteiger partial charge in [0.05, 0.1) is 24.5 Å². The maximum Gasteiger partial charge on any atom is 1.00 e. The van der Waals surface area contributed by atoms with Crippen molar-refractivity contribution in [3.8, 4) is 0 Å². The first-order chi connectivity index (χ1) is 17.5. The van der Waals surface area contributed by atoms with Crippen molar-refractivity contribution in [2.75, 3.05) is 24.6 Å². The molecule has 0 fully saturated rings. The minimum atomic E-state index is -1.57. The van der Waals surface area contributed by atoms with E-state index >= 15 is 0 Å². The maximum absolute atomic E-state index is 12.1. The zero-order valence-electron chi connectivity index (χ0n) is 26.8. The standard InChI is InChI=1S/C28H49N2O6S.3Na.H2O/c1-21(2)9-6-10-22(3)11-7-12-23(4)13-8-14-24(5)15-18-37-20-25(27(34)35)29-28(36)30(16-17-31)19-26(32)33;;;;/h15,21-23,25H,6-14,16,18-20H2,1-5H3,(H,29,36)(H,32,33)(H,34,35);;;;1H2/q-1;3*+1;/p-3/b24-15+;;;;. The third kappa shape index (κ3) is 30.7. The molecule has 0 aliphatic heterocycles. The fourth-order valence-electron chi connectivity index (χ4n) is 4.04. The number of carboxylic acids is 2. The first-order valence-corrected chi connectivity index (χ1v) is 14.7. The molecule has 0 aromatic heterocycles. The molecule has 222 valence electrons. The van der Waals surface area contributed by atoms with Crippen LogP contribution in [0.3, 0.4) is 0 Å². The molecule has 9 nitrogen and oxygen atoms in total. The summed E-state index contributed by atoms with van der Waals surface area (Å²) >= 11 is 1.32. The van der Waals surface area contributed by atoms with E-state index in [9.17, 15) is 29.4 Å². The summed E-state index contributed by atoms with van der Waals surface area (Å²) in [6.07, 6.45) is 14.7. The molecule has 0 heterocycles. The van der Waals surface area contributed by atoms with Crippen LogP contribution in [-0.4, -0.2) is 65.3 Å². The molecule has 3 unspecified atom stereocenters. The molecule has 0 rings (SSSR count). The average Bonchev–Trinajstić information content (AvgIpc) is 2.79. The number of carbonyl (C=O) groups excluding carboxylic acids is 4. The van der Waals surface area contributed by atoms with Crippen LogP contribution < -0.4 is 104 Å². The Morgan fingerprint density at radius 2 is 1.41 bits per heavy atom. The van der Waals surface area contributed by atoms with E-state index in [1.165, 1.54) is 68.6 Å². The van der Waals surface area contributed by atoms with Gasteiger partial charge in [0, 0.05) is 11.5 Å². The van der Waals surface area contributed by atoms with Crippen LogP contribution >= 0.6 is 11.8 Å². The minimum absolute atomic E-state index is 0. The summed E-state index contributed by atoms with van der Waals surface area (Å²) < 4.78 is 0. The number of hydrogen-bond acceptors (Lipinski definition) is 8. The third-order valence-corrected chi connectivity index (χ3v) is 7.39. The Morgan fingerprint density at radius 3 is 1.88 bits per heavy atom. The Morgan fingerprint density at radius 1 is 0.902 bits per heavy atom. The number of aliphatic carboxylic acids is 2. The molecule has 2 N–H and O–H groups in total. The van der Waals surface area contributed by atoms with E-state index in [1.807, 2.05) is 0 Å². The second kappa shape index (κ2) is 32.3. The number of amides is 2. The van der Waals surface area contributed by atoms with Crippen LogP contribution in [0.1, 0.15) is 92.4 Å². The summed E-state index contributed by atoms with van der Waals surface area (Å²) in [5.41, 5.74) is 1.24. The Bertz CT molecular complexity index is 731. The van der Waals surface area contributed by atoms with Gasteiger partial charge in [-0.15, -0.1) is 0 Å². The fourth-order valence-corrected chi connectivity index (χ4v) is 5.03. The van der Waals surface area contributed by atoms with Gasteiger partial charge < -0.3 is 40.3 Å². The van der Waals surface area contributed by atoms with Crippen molar-refractivity contribution in [1.29, 1.82) is 0 Å². The number of thioether (sulfide) groups is 1. The van der Waals surface area contributed by atoms with Gasteiger partial charge in [-0.3, -0.25) is 0 Å². The van der Waals surface area contributed by atoms with E-state index < -0.39 is 37.1 Å². The summed E-state index contributed by atoms with van der Waals surface area (Å²) in [5.74, 6) is -0.0914. The summed E-state index contributed by atoms with van der Waals surface area (Å²) in [7, 11) is 0. The molecule has 41 heavy (non-hydrogen) atoms. The molecular formula is C28H48N2Na3O7S-. The van der Waals surface area contributed by atoms with Crippen molar-refractivity contribution in [2.24, 2.45) is 17.8 Å². The van der Waals surface area contributed by atoms with Crippen molar-refractivity contribution in [1.82, 2.24) is 10.2 Å².